The van der Waals surface area contributed by atoms with E-state index < -0.39 is 53.9 Å². The molecule has 13 heteroatoms. The molecule has 0 aromatic heterocycles. The molecular formula is C32H39Br2N5O6. The van der Waals surface area contributed by atoms with Crippen molar-refractivity contribution in [1.29, 1.82) is 0 Å². The number of nitrogens with one attached hydrogen (secondary N) is 2. The maximum Gasteiger partial charge on any atom is 0.326 e. The van der Waals surface area contributed by atoms with Gasteiger partial charge in [0.15, 0.2) is 0 Å². The molecule has 0 radical (unpaired) electrons. The van der Waals surface area contributed by atoms with Crippen LogP contribution in [0.15, 0.2) is 84.9 Å². The SMILES string of the molecule is Br.Br.N[C@H]1C[C@@H](C(=O)N[C@@H](Cc2ccccc2)C(=O)N[C@H](Cc2ccccc2)C(=O)O)N(C(=O)[C@@H](N)Cc2ccc(O)cc2)C1. The Hall–Kier alpha value is -3.78. The lowest BCUT2D eigenvalue weighted by Crippen LogP contribution is -2.57. The van der Waals surface area contributed by atoms with Crippen LogP contribution in [0.3, 0.4) is 0 Å². The van der Waals surface area contributed by atoms with Crippen LogP contribution in [0.4, 0.5) is 0 Å². The van der Waals surface area contributed by atoms with Crippen LogP contribution in [-0.4, -0.2) is 75.6 Å². The number of nitrogens with two attached hydrogens (primary N) is 2. The van der Waals surface area contributed by atoms with E-state index in [0.29, 0.717) is 0 Å². The molecule has 1 aliphatic rings. The number of phenols is 1. The molecule has 4 rings (SSSR count). The van der Waals surface area contributed by atoms with Gasteiger partial charge in [0, 0.05) is 25.4 Å². The summed E-state index contributed by atoms with van der Waals surface area (Å²) in [7, 11) is 0. The quantitative estimate of drug-likeness (QED) is 0.162. The van der Waals surface area contributed by atoms with Crippen molar-refractivity contribution in [2.24, 2.45) is 11.5 Å². The first kappa shape index (κ1) is 37.4. The van der Waals surface area contributed by atoms with E-state index in [9.17, 15) is 29.4 Å². The maximum atomic E-state index is 13.6. The van der Waals surface area contributed by atoms with Gasteiger partial charge in [0.05, 0.1) is 6.04 Å². The number of carbonyl (C=O) groups excluding carboxylic acids is 3. The number of likely N-dealkylation sites (tertiary alicyclic amines) is 1. The Morgan fingerprint density at radius 2 is 1.29 bits per heavy atom. The number of carboxylic acid groups (broad SMARTS) is 1. The van der Waals surface area contributed by atoms with Crippen molar-refractivity contribution in [2.75, 3.05) is 6.54 Å². The molecule has 3 aromatic rings. The Kier molecular flexibility index (Phi) is 14.7. The number of hydrogen-bond donors (Lipinski definition) is 6. The van der Waals surface area contributed by atoms with Crippen LogP contribution in [0.25, 0.3) is 0 Å². The number of hydrogen-bond acceptors (Lipinski definition) is 7. The molecule has 0 aliphatic carbocycles. The number of benzene rings is 3. The van der Waals surface area contributed by atoms with E-state index in [2.05, 4.69) is 10.6 Å². The fourth-order valence-electron chi connectivity index (χ4n) is 5.20. The highest BCUT2D eigenvalue weighted by atomic mass is 79.9. The minimum Gasteiger partial charge on any atom is -0.508 e. The summed E-state index contributed by atoms with van der Waals surface area (Å²) >= 11 is 0. The second-order valence-corrected chi connectivity index (χ2v) is 10.8. The van der Waals surface area contributed by atoms with Gasteiger partial charge in [-0.2, -0.15) is 0 Å². The average molecular weight is 750 g/mol. The molecule has 3 amide bonds. The summed E-state index contributed by atoms with van der Waals surface area (Å²) in [4.78, 5) is 53.8. The van der Waals surface area contributed by atoms with Crippen LogP contribution >= 0.6 is 34.0 Å². The maximum absolute atomic E-state index is 13.6. The molecule has 1 saturated heterocycles. The third-order valence-corrected chi connectivity index (χ3v) is 7.44. The smallest absolute Gasteiger partial charge is 0.326 e. The molecule has 5 atom stereocenters. The van der Waals surface area contributed by atoms with Gasteiger partial charge in [-0.25, -0.2) is 4.79 Å². The highest BCUT2D eigenvalue weighted by Gasteiger charge is 2.41. The summed E-state index contributed by atoms with van der Waals surface area (Å²) in [5, 5.41) is 24.7. The van der Waals surface area contributed by atoms with Gasteiger partial charge in [-0.05, 0) is 41.7 Å². The number of amides is 3. The van der Waals surface area contributed by atoms with E-state index in [4.69, 9.17) is 11.5 Å². The van der Waals surface area contributed by atoms with Crippen LogP contribution in [-0.2, 0) is 38.4 Å². The number of nitrogens with zero attached hydrogens (tertiary/aromatic N) is 1. The van der Waals surface area contributed by atoms with Crippen LogP contribution in [0.1, 0.15) is 23.1 Å². The van der Waals surface area contributed by atoms with Gasteiger partial charge >= 0.3 is 5.97 Å². The van der Waals surface area contributed by atoms with E-state index in [1.807, 2.05) is 12.1 Å². The van der Waals surface area contributed by atoms with Crippen LogP contribution in [0.2, 0.25) is 0 Å². The third kappa shape index (κ3) is 10.7. The lowest BCUT2D eigenvalue weighted by atomic mass is 10.0. The zero-order valence-electron chi connectivity index (χ0n) is 24.5. The fraction of sp³-hybridized carbons (Fsp3) is 0.312. The first-order valence-corrected chi connectivity index (χ1v) is 14.1. The molecule has 0 unspecified atom stereocenters. The van der Waals surface area contributed by atoms with Gasteiger partial charge in [0.2, 0.25) is 17.7 Å². The summed E-state index contributed by atoms with van der Waals surface area (Å²) in [5.41, 5.74) is 14.6. The second-order valence-electron chi connectivity index (χ2n) is 10.8. The number of aliphatic carboxylic acids is 1. The number of rotatable bonds is 12. The molecule has 1 fully saturated rings. The monoisotopic (exact) mass is 747 g/mol. The highest BCUT2D eigenvalue weighted by molar-refractivity contribution is 8.93. The average Bonchev–Trinajstić information content (AvgIpc) is 3.39. The van der Waals surface area contributed by atoms with E-state index in [1.165, 1.54) is 17.0 Å². The van der Waals surface area contributed by atoms with E-state index >= 15 is 0 Å². The molecular weight excluding hydrogens is 710 g/mol. The fourth-order valence-corrected chi connectivity index (χ4v) is 5.20. The van der Waals surface area contributed by atoms with Crippen molar-refractivity contribution in [3.8, 4) is 5.75 Å². The topological polar surface area (TPSA) is 188 Å². The minimum absolute atomic E-state index is 0. The summed E-state index contributed by atoms with van der Waals surface area (Å²) in [5.74, 6) is -2.81. The summed E-state index contributed by atoms with van der Waals surface area (Å²) in [6, 6.07) is 19.5. The number of aromatic hydroxyl groups is 1. The largest absolute Gasteiger partial charge is 0.508 e. The molecule has 0 bridgehead atoms. The molecule has 45 heavy (non-hydrogen) atoms. The predicted molar refractivity (Wildman–Crippen MR) is 180 cm³/mol. The zero-order valence-corrected chi connectivity index (χ0v) is 27.9. The second kappa shape index (κ2) is 17.6. The Bertz CT molecular complexity index is 1410. The Morgan fingerprint density at radius 3 is 1.82 bits per heavy atom. The predicted octanol–water partition coefficient (Wildman–Crippen LogP) is 1.89. The Balaban J connectivity index is 0.00000353. The summed E-state index contributed by atoms with van der Waals surface area (Å²) in [6.45, 7) is 0.119. The number of carbonyl (C=O) groups is 4. The van der Waals surface area contributed by atoms with Crippen molar-refractivity contribution >= 4 is 57.7 Å². The van der Waals surface area contributed by atoms with Crippen molar-refractivity contribution in [3.05, 3.63) is 102 Å². The van der Waals surface area contributed by atoms with Gasteiger partial charge in [0.1, 0.15) is 23.9 Å². The third-order valence-electron chi connectivity index (χ3n) is 7.44. The number of phenolic OH excluding ortho intramolecular Hbond substituents is 1. The highest BCUT2D eigenvalue weighted by Crippen LogP contribution is 2.20. The minimum atomic E-state index is -1.22. The molecule has 242 valence electrons. The van der Waals surface area contributed by atoms with Crippen LogP contribution in [0, 0.1) is 0 Å². The molecule has 0 saturated carbocycles. The molecule has 1 heterocycles. The number of carboxylic acids is 1. The van der Waals surface area contributed by atoms with Crippen molar-refractivity contribution in [1.82, 2.24) is 15.5 Å². The molecule has 11 nitrogen and oxygen atoms in total. The molecule has 8 N–H and O–H groups in total. The van der Waals surface area contributed by atoms with Crippen molar-refractivity contribution < 1.29 is 29.4 Å². The van der Waals surface area contributed by atoms with Gasteiger partial charge in [-0.1, -0.05) is 72.8 Å². The van der Waals surface area contributed by atoms with E-state index in [0.717, 1.165) is 16.7 Å². The zero-order chi connectivity index (χ0) is 30.9. The van der Waals surface area contributed by atoms with Gasteiger partial charge in [0.25, 0.3) is 0 Å². The molecule has 1 aliphatic heterocycles. The van der Waals surface area contributed by atoms with Crippen molar-refractivity contribution in [2.45, 2.75) is 55.9 Å². The molecule has 0 spiro atoms. The summed E-state index contributed by atoms with van der Waals surface area (Å²) in [6.07, 6.45) is 0.529. The Morgan fingerprint density at radius 1 is 0.778 bits per heavy atom. The van der Waals surface area contributed by atoms with Gasteiger partial charge in [-0.15, -0.1) is 34.0 Å². The van der Waals surface area contributed by atoms with Gasteiger partial charge in [-0.3, -0.25) is 14.4 Å². The van der Waals surface area contributed by atoms with Crippen LogP contribution in [0.5, 0.6) is 5.75 Å². The lowest BCUT2D eigenvalue weighted by Gasteiger charge is -2.28. The standard InChI is InChI=1S/C32H37N5O6.2BrH/c33-23-18-28(37(19-23)31(41)25(34)15-22-11-13-24(38)14-12-22)30(40)35-26(16-20-7-3-1-4-8-20)29(39)36-27(32(42)43)17-21-9-5-2-6-10-21;;/h1-14,23,25-28,38H,15-19,33-34H2,(H,35,40)(H,36,39)(H,42,43);2*1H/t23-,25-,26-,27+,28-;;/m0../s1. The van der Waals surface area contributed by atoms with Crippen LogP contribution < -0.4 is 22.1 Å². The first-order valence-electron chi connectivity index (χ1n) is 14.1. The number of halogens is 2. The first-order chi connectivity index (χ1) is 20.6. The van der Waals surface area contributed by atoms with Crippen molar-refractivity contribution in [3.63, 3.8) is 0 Å². The molecule has 3 aromatic carbocycles. The van der Waals surface area contributed by atoms with Gasteiger partial charge < -0.3 is 37.2 Å². The normalized spacial score (nSPS) is 17.5. The Labute approximate surface area is 282 Å². The summed E-state index contributed by atoms with van der Waals surface area (Å²) < 4.78 is 0. The van der Waals surface area contributed by atoms with E-state index in [1.54, 1.807) is 60.7 Å². The van der Waals surface area contributed by atoms with E-state index in [-0.39, 0.29) is 71.9 Å². The lowest BCUT2D eigenvalue weighted by molar-refractivity contribution is -0.143.